The third kappa shape index (κ3) is 5.08. The molecule has 0 aliphatic carbocycles. The van der Waals surface area contributed by atoms with Gasteiger partial charge >= 0.3 is 0 Å². The highest BCUT2D eigenvalue weighted by atomic mass is 35.5. The topological polar surface area (TPSA) is 45.0 Å². The van der Waals surface area contributed by atoms with Crippen LogP contribution < -0.4 is 5.32 Å². The second kappa shape index (κ2) is 7.16. The van der Waals surface area contributed by atoms with Gasteiger partial charge in [0, 0.05) is 18.2 Å². The van der Waals surface area contributed by atoms with E-state index >= 15 is 0 Å². The van der Waals surface area contributed by atoms with Crippen molar-refractivity contribution in [2.24, 2.45) is 0 Å². The van der Waals surface area contributed by atoms with Crippen molar-refractivity contribution in [1.29, 1.82) is 5.26 Å². The van der Waals surface area contributed by atoms with Crippen molar-refractivity contribution in [3.63, 3.8) is 0 Å². The number of nitrogens with one attached hydrogen (secondary N) is 1. The fourth-order valence-electron chi connectivity index (χ4n) is 1.38. The van der Waals surface area contributed by atoms with Crippen LogP contribution in [0, 0.1) is 11.3 Å². The van der Waals surface area contributed by atoms with Crippen LogP contribution in [-0.4, -0.2) is 19.3 Å². The third-order valence-electron chi connectivity index (χ3n) is 2.19. The average molecular weight is 253 g/mol. The molecule has 1 rings (SSSR count). The summed E-state index contributed by atoms with van der Waals surface area (Å²) in [6, 6.07) is 7.38. The van der Waals surface area contributed by atoms with Gasteiger partial charge in [-0.15, -0.1) is 0 Å². The molecule has 0 spiro atoms. The van der Waals surface area contributed by atoms with E-state index in [1.165, 1.54) is 0 Å². The van der Waals surface area contributed by atoms with E-state index in [9.17, 15) is 0 Å². The van der Waals surface area contributed by atoms with Crippen LogP contribution in [0.25, 0.3) is 0 Å². The van der Waals surface area contributed by atoms with Crippen LogP contribution in [0.5, 0.6) is 0 Å². The van der Waals surface area contributed by atoms with Crippen LogP contribution in [0.2, 0.25) is 5.02 Å². The van der Waals surface area contributed by atoms with Crippen LogP contribution in [0.1, 0.15) is 25.8 Å². The second-order valence-electron chi connectivity index (χ2n) is 4.00. The zero-order valence-corrected chi connectivity index (χ0v) is 10.9. The van der Waals surface area contributed by atoms with Gasteiger partial charge in [-0.3, -0.25) is 0 Å². The van der Waals surface area contributed by atoms with Crippen molar-refractivity contribution in [3.05, 3.63) is 28.8 Å². The van der Waals surface area contributed by atoms with E-state index in [2.05, 4.69) is 11.4 Å². The summed E-state index contributed by atoms with van der Waals surface area (Å²) in [4.78, 5) is 0. The molecule has 92 valence electrons. The van der Waals surface area contributed by atoms with Gasteiger partial charge in [0.15, 0.2) is 0 Å². The molecule has 0 unspecified atom stereocenters. The maximum atomic E-state index is 8.95. The lowest BCUT2D eigenvalue weighted by Gasteiger charge is -2.10. The highest BCUT2D eigenvalue weighted by Crippen LogP contribution is 2.19. The lowest BCUT2D eigenvalue weighted by Crippen LogP contribution is -2.09. The van der Waals surface area contributed by atoms with E-state index < -0.39 is 0 Å². The van der Waals surface area contributed by atoms with Crippen LogP contribution in [-0.2, 0) is 4.74 Å². The molecule has 3 nitrogen and oxygen atoms in total. The monoisotopic (exact) mass is 252 g/mol. The first-order valence-corrected chi connectivity index (χ1v) is 6.06. The first kappa shape index (κ1) is 13.8. The van der Waals surface area contributed by atoms with E-state index in [0.29, 0.717) is 10.6 Å². The van der Waals surface area contributed by atoms with Gasteiger partial charge in [0.2, 0.25) is 0 Å². The van der Waals surface area contributed by atoms with E-state index in [1.807, 2.05) is 19.9 Å². The maximum Gasteiger partial charge on any atom is 0.101 e. The molecule has 0 fully saturated rings. The minimum Gasteiger partial charge on any atom is -0.384 e. The lowest BCUT2D eigenvalue weighted by atomic mass is 10.2. The zero-order chi connectivity index (χ0) is 12.7. The molecule has 17 heavy (non-hydrogen) atoms. The maximum absolute atomic E-state index is 8.95. The first-order chi connectivity index (χ1) is 8.13. The molecule has 1 N–H and O–H groups in total. The largest absolute Gasteiger partial charge is 0.384 e. The van der Waals surface area contributed by atoms with Gasteiger partial charge in [0.1, 0.15) is 6.07 Å². The van der Waals surface area contributed by atoms with E-state index in [4.69, 9.17) is 21.6 Å². The molecule has 0 aliphatic rings. The van der Waals surface area contributed by atoms with Crippen LogP contribution in [0.4, 0.5) is 5.69 Å². The lowest BCUT2D eigenvalue weighted by molar-refractivity contribution is 0.0787. The highest BCUT2D eigenvalue weighted by Gasteiger charge is 2.02. The molecule has 0 aromatic heterocycles. The number of hydrogen-bond acceptors (Lipinski definition) is 3. The van der Waals surface area contributed by atoms with Crippen molar-refractivity contribution in [1.82, 2.24) is 0 Å². The van der Waals surface area contributed by atoms with Crippen molar-refractivity contribution < 1.29 is 4.74 Å². The Hall–Kier alpha value is -1.24. The third-order valence-corrected chi connectivity index (χ3v) is 2.42. The molecule has 1 aromatic carbocycles. The molecule has 0 saturated carbocycles. The first-order valence-electron chi connectivity index (χ1n) is 5.68. The van der Waals surface area contributed by atoms with Gasteiger partial charge in [0.05, 0.1) is 17.4 Å². The molecule has 0 saturated heterocycles. The second-order valence-corrected chi connectivity index (χ2v) is 4.44. The number of halogens is 1. The summed E-state index contributed by atoms with van der Waals surface area (Å²) in [6.07, 6.45) is 1.17. The van der Waals surface area contributed by atoms with Gasteiger partial charge < -0.3 is 10.1 Å². The number of hydrogen-bond donors (Lipinski definition) is 1. The number of anilines is 1. The van der Waals surface area contributed by atoms with Crippen LogP contribution in [0.3, 0.4) is 0 Å². The molecule has 0 bridgehead atoms. The van der Waals surface area contributed by atoms with Gasteiger partial charge in [0.25, 0.3) is 0 Å². The Morgan fingerprint density at radius 1 is 1.47 bits per heavy atom. The average Bonchev–Trinajstić information content (AvgIpc) is 2.29. The Balaban J connectivity index is 2.39. The Bertz CT molecular complexity index is 399. The summed E-state index contributed by atoms with van der Waals surface area (Å²) >= 11 is 5.82. The van der Waals surface area contributed by atoms with Gasteiger partial charge in [-0.1, -0.05) is 11.6 Å². The standard InChI is InChI=1S/C13H17ClN2O/c1-10(2)17-7-3-6-16-13-5-4-12(14)8-11(13)9-15/h4-5,8,10,16H,3,6-7H2,1-2H3. The summed E-state index contributed by atoms with van der Waals surface area (Å²) in [6.45, 7) is 5.53. The molecular weight excluding hydrogens is 236 g/mol. The number of rotatable bonds is 6. The molecule has 0 heterocycles. The van der Waals surface area contributed by atoms with E-state index in [1.54, 1.807) is 12.1 Å². The fourth-order valence-corrected chi connectivity index (χ4v) is 1.55. The molecule has 4 heteroatoms. The SMILES string of the molecule is CC(C)OCCCNc1ccc(Cl)cc1C#N. The van der Waals surface area contributed by atoms with Crippen molar-refractivity contribution in [2.75, 3.05) is 18.5 Å². The fraction of sp³-hybridized carbons (Fsp3) is 0.462. The zero-order valence-electron chi connectivity index (χ0n) is 10.2. The minimum atomic E-state index is 0.264. The Labute approximate surface area is 107 Å². The Morgan fingerprint density at radius 2 is 2.24 bits per heavy atom. The van der Waals surface area contributed by atoms with E-state index in [-0.39, 0.29) is 6.10 Å². The number of ether oxygens (including phenoxy) is 1. The van der Waals surface area contributed by atoms with Crippen molar-refractivity contribution in [2.45, 2.75) is 26.4 Å². The smallest absolute Gasteiger partial charge is 0.101 e. The Kier molecular flexibility index (Phi) is 5.82. The summed E-state index contributed by atoms with van der Waals surface area (Å²) in [7, 11) is 0. The Morgan fingerprint density at radius 3 is 2.88 bits per heavy atom. The molecule has 0 aliphatic heterocycles. The molecule has 0 radical (unpaired) electrons. The summed E-state index contributed by atoms with van der Waals surface area (Å²) in [5.74, 6) is 0. The molecular formula is C13H17ClN2O. The van der Waals surface area contributed by atoms with Gasteiger partial charge in [-0.2, -0.15) is 5.26 Å². The summed E-state index contributed by atoms with van der Waals surface area (Å²) < 4.78 is 5.43. The van der Waals surface area contributed by atoms with E-state index in [0.717, 1.165) is 25.3 Å². The molecule has 0 atom stereocenters. The normalized spacial score (nSPS) is 10.3. The van der Waals surface area contributed by atoms with Crippen LogP contribution >= 0.6 is 11.6 Å². The summed E-state index contributed by atoms with van der Waals surface area (Å²) in [5, 5.41) is 12.7. The predicted molar refractivity (Wildman–Crippen MR) is 70.4 cm³/mol. The molecule has 1 aromatic rings. The predicted octanol–water partition coefficient (Wildman–Crippen LogP) is 3.44. The number of nitriles is 1. The quantitative estimate of drug-likeness (QED) is 0.789. The minimum absolute atomic E-state index is 0.264. The molecule has 0 amide bonds. The van der Waals surface area contributed by atoms with Crippen LogP contribution in [0.15, 0.2) is 18.2 Å². The highest BCUT2D eigenvalue weighted by molar-refractivity contribution is 6.30. The summed E-state index contributed by atoms with van der Waals surface area (Å²) in [5.41, 5.74) is 1.39. The number of benzene rings is 1. The number of nitrogens with zero attached hydrogens (tertiary/aromatic N) is 1. The van der Waals surface area contributed by atoms with Gasteiger partial charge in [-0.25, -0.2) is 0 Å². The van der Waals surface area contributed by atoms with Gasteiger partial charge in [-0.05, 0) is 38.5 Å². The van der Waals surface area contributed by atoms with Crippen molar-refractivity contribution >= 4 is 17.3 Å². The van der Waals surface area contributed by atoms with Crippen molar-refractivity contribution in [3.8, 4) is 6.07 Å².